The lowest BCUT2D eigenvalue weighted by Crippen LogP contribution is -2.45. The van der Waals surface area contributed by atoms with Crippen molar-refractivity contribution in [1.29, 1.82) is 0 Å². The van der Waals surface area contributed by atoms with Crippen LogP contribution in [0.5, 0.6) is 0 Å². The van der Waals surface area contributed by atoms with Crippen LogP contribution in [0, 0.1) is 0 Å². The number of hydrogen-bond donors (Lipinski definition) is 2. The SMILES string of the molecule is CC1(C)CC(NC(=O)c2ccc(N)cc2)CCO1. The first-order chi connectivity index (χ1) is 8.46. The van der Waals surface area contributed by atoms with Gasteiger partial charge in [-0.3, -0.25) is 4.79 Å². The van der Waals surface area contributed by atoms with Crippen molar-refractivity contribution in [2.45, 2.75) is 38.3 Å². The Balaban J connectivity index is 1.97. The molecule has 1 amide bonds. The highest BCUT2D eigenvalue weighted by Crippen LogP contribution is 2.24. The Morgan fingerprint density at radius 3 is 2.67 bits per heavy atom. The summed E-state index contributed by atoms with van der Waals surface area (Å²) in [5.41, 5.74) is 6.76. The molecule has 1 saturated heterocycles. The minimum absolute atomic E-state index is 0.0438. The number of ether oxygens (including phenoxy) is 1. The summed E-state index contributed by atoms with van der Waals surface area (Å²) in [5.74, 6) is -0.0438. The smallest absolute Gasteiger partial charge is 0.251 e. The number of nitrogen functional groups attached to an aromatic ring is 1. The van der Waals surface area contributed by atoms with Crippen LogP contribution in [0.25, 0.3) is 0 Å². The fourth-order valence-electron chi connectivity index (χ4n) is 2.26. The number of anilines is 1. The van der Waals surface area contributed by atoms with Gasteiger partial charge in [0.25, 0.3) is 5.91 Å². The predicted molar refractivity (Wildman–Crippen MR) is 71.4 cm³/mol. The Labute approximate surface area is 108 Å². The third kappa shape index (κ3) is 3.23. The van der Waals surface area contributed by atoms with E-state index in [0.29, 0.717) is 17.9 Å². The van der Waals surface area contributed by atoms with Crippen LogP contribution in [0.4, 0.5) is 5.69 Å². The van der Waals surface area contributed by atoms with E-state index in [1.54, 1.807) is 24.3 Å². The molecule has 0 aromatic heterocycles. The Kier molecular flexibility index (Phi) is 3.57. The molecule has 0 radical (unpaired) electrons. The maximum absolute atomic E-state index is 12.0. The number of rotatable bonds is 2. The lowest BCUT2D eigenvalue weighted by atomic mass is 9.94. The van der Waals surface area contributed by atoms with E-state index < -0.39 is 0 Å². The fraction of sp³-hybridized carbons (Fsp3) is 0.500. The summed E-state index contributed by atoms with van der Waals surface area (Å²) in [6.07, 6.45) is 1.71. The van der Waals surface area contributed by atoms with E-state index in [1.165, 1.54) is 0 Å². The van der Waals surface area contributed by atoms with Gasteiger partial charge in [0.1, 0.15) is 0 Å². The number of benzene rings is 1. The molecular formula is C14H20N2O2. The molecule has 0 bridgehead atoms. The van der Waals surface area contributed by atoms with Crippen LogP contribution < -0.4 is 11.1 Å². The van der Waals surface area contributed by atoms with Gasteiger partial charge >= 0.3 is 0 Å². The van der Waals surface area contributed by atoms with E-state index in [4.69, 9.17) is 10.5 Å². The second-order valence-corrected chi connectivity index (χ2v) is 5.39. The van der Waals surface area contributed by atoms with Crippen LogP contribution in [0.15, 0.2) is 24.3 Å². The molecule has 4 heteroatoms. The maximum atomic E-state index is 12.0. The zero-order valence-corrected chi connectivity index (χ0v) is 10.9. The summed E-state index contributed by atoms with van der Waals surface area (Å²) in [6.45, 7) is 4.79. The number of hydrogen-bond acceptors (Lipinski definition) is 3. The van der Waals surface area contributed by atoms with Crippen LogP contribution in [0.1, 0.15) is 37.0 Å². The molecule has 2 rings (SSSR count). The minimum Gasteiger partial charge on any atom is -0.399 e. The van der Waals surface area contributed by atoms with Gasteiger partial charge in [-0.25, -0.2) is 0 Å². The first kappa shape index (κ1) is 12.9. The fourth-order valence-corrected chi connectivity index (χ4v) is 2.26. The van der Waals surface area contributed by atoms with Crippen LogP contribution >= 0.6 is 0 Å². The number of nitrogens with two attached hydrogens (primary N) is 1. The number of carbonyl (C=O) groups excluding carboxylic acids is 1. The van der Waals surface area contributed by atoms with E-state index in [0.717, 1.165) is 12.8 Å². The molecule has 18 heavy (non-hydrogen) atoms. The van der Waals surface area contributed by atoms with Crippen molar-refractivity contribution in [2.75, 3.05) is 12.3 Å². The van der Waals surface area contributed by atoms with Gasteiger partial charge in [0.2, 0.25) is 0 Å². The first-order valence-electron chi connectivity index (χ1n) is 6.27. The average molecular weight is 248 g/mol. The molecule has 1 fully saturated rings. The summed E-state index contributed by atoms with van der Waals surface area (Å²) < 4.78 is 5.63. The summed E-state index contributed by atoms with van der Waals surface area (Å²) in [7, 11) is 0. The van der Waals surface area contributed by atoms with E-state index in [1.807, 2.05) is 0 Å². The van der Waals surface area contributed by atoms with Gasteiger partial charge in [-0.2, -0.15) is 0 Å². The van der Waals surface area contributed by atoms with Crippen molar-refractivity contribution >= 4 is 11.6 Å². The Bertz CT molecular complexity index is 426. The van der Waals surface area contributed by atoms with Crippen LogP contribution in [-0.4, -0.2) is 24.2 Å². The molecule has 1 aliphatic heterocycles. The zero-order valence-electron chi connectivity index (χ0n) is 10.9. The van der Waals surface area contributed by atoms with E-state index in [2.05, 4.69) is 19.2 Å². The highest BCUT2D eigenvalue weighted by molar-refractivity contribution is 5.94. The van der Waals surface area contributed by atoms with Crippen molar-refractivity contribution in [1.82, 2.24) is 5.32 Å². The molecule has 98 valence electrons. The van der Waals surface area contributed by atoms with Gasteiger partial charge in [0, 0.05) is 23.9 Å². The maximum Gasteiger partial charge on any atom is 0.251 e. The summed E-state index contributed by atoms with van der Waals surface area (Å²) in [6, 6.07) is 7.15. The van der Waals surface area contributed by atoms with E-state index >= 15 is 0 Å². The highest BCUT2D eigenvalue weighted by Gasteiger charge is 2.29. The van der Waals surface area contributed by atoms with Gasteiger partial charge in [-0.1, -0.05) is 0 Å². The summed E-state index contributed by atoms with van der Waals surface area (Å²) in [4.78, 5) is 12.0. The molecule has 1 aromatic rings. The monoisotopic (exact) mass is 248 g/mol. The molecule has 1 aromatic carbocycles. The van der Waals surface area contributed by atoms with Gasteiger partial charge in [0.15, 0.2) is 0 Å². The standard InChI is InChI=1S/C14H20N2O2/c1-14(2)9-12(7-8-18-14)16-13(17)10-3-5-11(15)6-4-10/h3-6,12H,7-9,15H2,1-2H3,(H,16,17). The number of carbonyl (C=O) groups is 1. The van der Waals surface area contributed by atoms with Gasteiger partial charge in [0.05, 0.1) is 5.60 Å². The zero-order chi connectivity index (χ0) is 13.2. The summed E-state index contributed by atoms with van der Waals surface area (Å²) in [5, 5.41) is 3.05. The van der Waals surface area contributed by atoms with Gasteiger partial charge in [-0.15, -0.1) is 0 Å². The van der Waals surface area contributed by atoms with Crippen molar-refractivity contribution in [3.8, 4) is 0 Å². The van der Waals surface area contributed by atoms with Gasteiger partial charge in [-0.05, 0) is 51.0 Å². The molecule has 0 saturated carbocycles. The third-order valence-electron chi connectivity index (χ3n) is 3.21. The number of nitrogens with one attached hydrogen (secondary N) is 1. The topological polar surface area (TPSA) is 64.4 Å². The van der Waals surface area contributed by atoms with Crippen molar-refractivity contribution in [2.24, 2.45) is 0 Å². The average Bonchev–Trinajstić information content (AvgIpc) is 2.28. The molecule has 4 nitrogen and oxygen atoms in total. The molecule has 1 unspecified atom stereocenters. The Hall–Kier alpha value is -1.55. The molecule has 1 heterocycles. The van der Waals surface area contributed by atoms with E-state index in [-0.39, 0.29) is 17.6 Å². The second-order valence-electron chi connectivity index (χ2n) is 5.39. The summed E-state index contributed by atoms with van der Waals surface area (Å²) >= 11 is 0. The van der Waals surface area contributed by atoms with Crippen molar-refractivity contribution in [3.63, 3.8) is 0 Å². The Morgan fingerprint density at radius 1 is 1.39 bits per heavy atom. The molecule has 1 aliphatic rings. The van der Waals surface area contributed by atoms with Crippen LogP contribution in [0.2, 0.25) is 0 Å². The molecular weight excluding hydrogens is 228 g/mol. The highest BCUT2D eigenvalue weighted by atomic mass is 16.5. The lowest BCUT2D eigenvalue weighted by Gasteiger charge is -2.35. The molecule has 3 N–H and O–H groups in total. The second kappa shape index (κ2) is 4.98. The molecule has 0 spiro atoms. The van der Waals surface area contributed by atoms with Crippen molar-refractivity contribution < 1.29 is 9.53 Å². The lowest BCUT2D eigenvalue weighted by molar-refractivity contribution is -0.0615. The van der Waals surface area contributed by atoms with Crippen LogP contribution in [0.3, 0.4) is 0 Å². The molecule has 1 atom stereocenters. The normalized spacial score (nSPS) is 22.4. The Morgan fingerprint density at radius 2 is 2.06 bits per heavy atom. The number of amides is 1. The van der Waals surface area contributed by atoms with Crippen molar-refractivity contribution in [3.05, 3.63) is 29.8 Å². The van der Waals surface area contributed by atoms with Crippen LogP contribution in [-0.2, 0) is 4.74 Å². The largest absolute Gasteiger partial charge is 0.399 e. The minimum atomic E-state index is -0.155. The quantitative estimate of drug-likeness (QED) is 0.786. The van der Waals surface area contributed by atoms with E-state index in [9.17, 15) is 4.79 Å². The molecule has 0 aliphatic carbocycles. The first-order valence-corrected chi connectivity index (χ1v) is 6.27. The van der Waals surface area contributed by atoms with Gasteiger partial charge < -0.3 is 15.8 Å². The predicted octanol–water partition coefficient (Wildman–Crippen LogP) is 1.96. The third-order valence-corrected chi connectivity index (χ3v) is 3.21.